The summed E-state index contributed by atoms with van der Waals surface area (Å²) in [5, 5.41) is 13.7. The first-order valence-corrected chi connectivity index (χ1v) is 6.16. The predicted octanol–water partition coefficient (Wildman–Crippen LogP) is 2.13. The highest BCUT2D eigenvalue weighted by Gasteiger charge is 2.22. The van der Waals surface area contributed by atoms with Gasteiger partial charge < -0.3 is 10.4 Å². The molecule has 0 amide bonds. The van der Waals surface area contributed by atoms with Crippen LogP contribution in [-0.4, -0.2) is 22.2 Å². The Hall–Kier alpha value is -0.640. The van der Waals surface area contributed by atoms with Crippen LogP contribution in [0.15, 0.2) is 18.3 Å². The lowest BCUT2D eigenvalue weighted by Gasteiger charge is -2.28. The lowest BCUT2D eigenvalue weighted by molar-refractivity contribution is 0.0902. The Morgan fingerprint density at radius 2 is 2.25 bits per heavy atom. The first-order valence-electron chi connectivity index (χ1n) is 5.78. The number of hydrogen-bond donors (Lipinski definition) is 2. The molecule has 1 aliphatic carbocycles. The average Bonchev–Trinajstić information content (AvgIpc) is 2.30. The van der Waals surface area contributed by atoms with Crippen molar-refractivity contribution in [1.82, 2.24) is 10.3 Å². The van der Waals surface area contributed by atoms with E-state index < -0.39 is 0 Å². The van der Waals surface area contributed by atoms with Crippen molar-refractivity contribution in [1.29, 1.82) is 0 Å². The van der Waals surface area contributed by atoms with Crippen molar-refractivity contribution in [2.24, 2.45) is 0 Å². The minimum absolute atomic E-state index is 0.199. The third-order valence-electron chi connectivity index (χ3n) is 3.12. The molecule has 1 aromatic heterocycles. The zero-order valence-corrected chi connectivity index (χ0v) is 9.95. The molecule has 2 N–H and O–H groups in total. The van der Waals surface area contributed by atoms with Gasteiger partial charge in [0.15, 0.2) is 0 Å². The summed E-state index contributed by atoms with van der Waals surface area (Å²) in [7, 11) is 0. The fourth-order valence-electron chi connectivity index (χ4n) is 2.14. The van der Waals surface area contributed by atoms with Gasteiger partial charge in [-0.2, -0.15) is 0 Å². The quantitative estimate of drug-likeness (QED) is 0.796. The summed E-state index contributed by atoms with van der Waals surface area (Å²) < 4.78 is 0. The molecule has 16 heavy (non-hydrogen) atoms. The van der Waals surface area contributed by atoms with Gasteiger partial charge in [-0.3, -0.25) is 0 Å². The van der Waals surface area contributed by atoms with Crippen molar-refractivity contribution in [2.75, 3.05) is 0 Å². The second-order valence-corrected chi connectivity index (χ2v) is 4.65. The number of nitrogens with one attached hydrogen (secondary N) is 1. The van der Waals surface area contributed by atoms with Crippen molar-refractivity contribution in [2.45, 2.75) is 44.4 Å². The van der Waals surface area contributed by atoms with Gasteiger partial charge in [0.25, 0.3) is 0 Å². The third-order valence-corrected chi connectivity index (χ3v) is 3.46. The first kappa shape index (κ1) is 11.8. The zero-order chi connectivity index (χ0) is 11.4. The van der Waals surface area contributed by atoms with Crippen LogP contribution in [0.25, 0.3) is 0 Å². The fourth-order valence-corrected chi connectivity index (χ4v) is 2.33. The molecule has 88 valence electrons. The molecule has 1 aliphatic rings. The summed E-state index contributed by atoms with van der Waals surface area (Å²) in [5.74, 6) is 0. The molecule has 2 rings (SSSR count). The maximum absolute atomic E-state index is 9.81. The number of halogens is 1. The van der Waals surface area contributed by atoms with E-state index in [4.69, 9.17) is 11.6 Å². The minimum Gasteiger partial charge on any atom is -0.392 e. The highest BCUT2D eigenvalue weighted by Crippen LogP contribution is 2.19. The van der Waals surface area contributed by atoms with Gasteiger partial charge in [0.2, 0.25) is 0 Å². The van der Waals surface area contributed by atoms with Gasteiger partial charge in [0.1, 0.15) is 5.15 Å². The first-order chi connectivity index (χ1) is 7.77. The number of aliphatic hydroxyl groups excluding tert-OH is 1. The molecule has 0 saturated heterocycles. The Labute approximate surface area is 101 Å². The van der Waals surface area contributed by atoms with Crippen molar-refractivity contribution in [3.05, 3.63) is 29.0 Å². The van der Waals surface area contributed by atoms with Gasteiger partial charge >= 0.3 is 0 Å². The summed E-state index contributed by atoms with van der Waals surface area (Å²) in [6.07, 6.45) is 5.73. The van der Waals surface area contributed by atoms with E-state index in [0.717, 1.165) is 24.8 Å². The number of rotatable bonds is 3. The molecular weight excluding hydrogens is 224 g/mol. The molecule has 4 heteroatoms. The van der Waals surface area contributed by atoms with Crippen molar-refractivity contribution in [3.8, 4) is 0 Å². The predicted molar refractivity (Wildman–Crippen MR) is 64.3 cm³/mol. The molecule has 3 nitrogen and oxygen atoms in total. The maximum atomic E-state index is 9.81. The normalized spacial score (nSPS) is 25.6. The van der Waals surface area contributed by atoms with Gasteiger partial charge in [-0.1, -0.05) is 30.5 Å². The van der Waals surface area contributed by atoms with Crippen LogP contribution in [0.4, 0.5) is 0 Å². The smallest absolute Gasteiger partial charge is 0.133 e. The molecule has 0 bridgehead atoms. The molecule has 1 fully saturated rings. The van der Waals surface area contributed by atoms with Crippen LogP contribution in [0, 0.1) is 0 Å². The molecule has 1 aromatic rings. The van der Waals surface area contributed by atoms with Crippen LogP contribution >= 0.6 is 11.6 Å². The molecule has 1 saturated carbocycles. The monoisotopic (exact) mass is 240 g/mol. The Morgan fingerprint density at radius 1 is 1.44 bits per heavy atom. The van der Waals surface area contributed by atoms with E-state index >= 15 is 0 Å². The largest absolute Gasteiger partial charge is 0.392 e. The molecule has 2 unspecified atom stereocenters. The van der Waals surface area contributed by atoms with Crippen molar-refractivity contribution < 1.29 is 5.11 Å². The summed E-state index contributed by atoms with van der Waals surface area (Å²) in [5.41, 5.74) is 0.988. The number of pyridine rings is 1. The molecule has 0 aromatic carbocycles. The van der Waals surface area contributed by atoms with E-state index in [1.54, 1.807) is 6.20 Å². The van der Waals surface area contributed by atoms with Crippen LogP contribution < -0.4 is 5.32 Å². The van der Waals surface area contributed by atoms with Crippen molar-refractivity contribution >= 4 is 11.6 Å². The third kappa shape index (κ3) is 2.94. The summed E-state index contributed by atoms with van der Waals surface area (Å²) in [4.78, 5) is 4.02. The van der Waals surface area contributed by atoms with Gasteiger partial charge in [-0.25, -0.2) is 4.98 Å². The molecular formula is C12H17ClN2O. The SMILES string of the molecule is OC1CCCCC1NCc1cccnc1Cl. The van der Waals surface area contributed by atoms with Gasteiger partial charge in [-0.05, 0) is 18.9 Å². The fraction of sp³-hybridized carbons (Fsp3) is 0.583. The number of nitrogens with zero attached hydrogens (tertiary/aromatic N) is 1. The Morgan fingerprint density at radius 3 is 3.00 bits per heavy atom. The zero-order valence-electron chi connectivity index (χ0n) is 9.19. The van der Waals surface area contributed by atoms with Crippen LogP contribution in [0.3, 0.4) is 0 Å². The van der Waals surface area contributed by atoms with E-state index in [2.05, 4.69) is 10.3 Å². The van der Waals surface area contributed by atoms with E-state index in [0.29, 0.717) is 11.7 Å². The van der Waals surface area contributed by atoms with Crippen LogP contribution in [0.5, 0.6) is 0 Å². The lowest BCUT2D eigenvalue weighted by Crippen LogP contribution is -2.41. The Kier molecular flexibility index (Phi) is 4.16. The molecule has 0 aliphatic heterocycles. The maximum Gasteiger partial charge on any atom is 0.133 e. The molecule has 2 atom stereocenters. The standard InChI is InChI=1S/C12H17ClN2O/c13-12-9(4-3-7-14-12)8-15-10-5-1-2-6-11(10)16/h3-4,7,10-11,15-16H,1-2,5-6,8H2. The van der Waals surface area contributed by atoms with Crippen LogP contribution in [0.2, 0.25) is 5.15 Å². The highest BCUT2D eigenvalue weighted by molar-refractivity contribution is 6.30. The number of aliphatic hydroxyl groups is 1. The molecule has 0 radical (unpaired) electrons. The summed E-state index contributed by atoms with van der Waals surface area (Å²) in [6, 6.07) is 4.03. The van der Waals surface area contributed by atoms with E-state index in [1.165, 1.54) is 6.42 Å². The van der Waals surface area contributed by atoms with Crippen molar-refractivity contribution in [3.63, 3.8) is 0 Å². The number of aromatic nitrogens is 1. The molecule has 1 heterocycles. The Bertz CT molecular complexity index is 346. The van der Waals surface area contributed by atoms with Gasteiger partial charge in [-0.15, -0.1) is 0 Å². The highest BCUT2D eigenvalue weighted by atomic mass is 35.5. The van der Waals surface area contributed by atoms with Crippen LogP contribution in [-0.2, 0) is 6.54 Å². The minimum atomic E-state index is -0.218. The van der Waals surface area contributed by atoms with E-state index in [9.17, 15) is 5.11 Å². The summed E-state index contributed by atoms with van der Waals surface area (Å²) >= 11 is 5.96. The van der Waals surface area contributed by atoms with E-state index in [-0.39, 0.29) is 12.1 Å². The van der Waals surface area contributed by atoms with Gasteiger partial charge in [0, 0.05) is 24.3 Å². The molecule has 0 spiro atoms. The lowest BCUT2D eigenvalue weighted by atomic mass is 9.92. The topological polar surface area (TPSA) is 45.1 Å². The van der Waals surface area contributed by atoms with Gasteiger partial charge in [0.05, 0.1) is 6.10 Å². The van der Waals surface area contributed by atoms with E-state index in [1.807, 2.05) is 12.1 Å². The summed E-state index contributed by atoms with van der Waals surface area (Å²) in [6.45, 7) is 0.675. The Balaban J connectivity index is 1.89. The second kappa shape index (κ2) is 5.62. The average molecular weight is 241 g/mol. The van der Waals surface area contributed by atoms with Crippen LogP contribution in [0.1, 0.15) is 31.2 Å². The second-order valence-electron chi connectivity index (χ2n) is 4.29. The number of hydrogen-bond acceptors (Lipinski definition) is 3.